The molecule has 0 N–H and O–H groups in total. The van der Waals surface area contributed by atoms with E-state index >= 15 is 0 Å². The first-order chi connectivity index (χ1) is 7.85. The van der Waals surface area contributed by atoms with Crippen LogP contribution in [0.2, 0.25) is 0 Å². The van der Waals surface area contributed by atoms with E-state index in [1.54, 1.807) is 7.11 Å². The van der Waals surface area contributed by atoms with E-state index in [2.05, 4.69) is 40.2 Å². The van der Waals surface area contributed by atoms with Crippen LogP contribution in [0.3, 0.4) is 0 Å². The molecule has 1 nitrogen and oxygen atoms in total. The average Bonchev–Trinajstić information content (AvgIpc) is 2.85. The molecule has 0 heterocycles. The van der Waals surface area contributed by atoms with Crippen molar-refractivity contribution in [3.05, 3.63) is 29.8 Å². The van der Waals surface area contributed by atoms with E-state index in [4.69, 9.17) is 4.74 Å². The molecule has 88 valence electrons. The summed E-state index contributed by atoms with van der Waals surface area (Å²) >= 11 is 3.67. The first-order valence-corrected chi connectivity index (χ1v) is 7.17. The minimum Gasteiger partial charge on any atom is -0.497 e. The molecule has 0 spiro atoms. The number of alkyl halides is 1. The third-order valence-corrected chi connectivity index (χ3v) is 4.38. The van der Waals surface area contributed by atoms with Gasteiger partial charge in [0.05, 0.1) is 7.11 Å². The van der Waals surface area contributed by atoms with Crippen LogP contribution in [0.15, 0.2) is 24.3 Å². The molecule has 0 aromatic heterocycles. The smallest absolute Gasteiger partial charge is 0.118 e. The number of rotatable bonds is 4. The molecule has 0 saturated heterocycles. The van der Waals surface area contributed by atoms with Gasteiger partial charge < -0.3 is 4.74 Å². The van der Waals surface area contributed by atoms with Crippen LogP contribution in [0, 0.1) is 5.92 Å². The van der Waals surface area contributed by atoms with Crippen LogP contribution >= 0.6 is 15.9 Å². The van der Waals surface area contributed by atoms with Gasteiger partial charge in [-0.05, 0) is 42.4 Å². The monoisotopic (exact) mass is 282 g/mol. The highest BCUT2D eigenvalue weighted by Gasteiger charge is 2.25. The Morgan fingerprint density at radius 1 is 1.25 bits per heavy atom. The molecule has 1 saturated carbocycles. The minimum absolute atomic E-state index is 0.674. The molecule has 0 bridgehead atoms. The fourth-order valence-electron chi connectivity index (χ4n) is 2.70. The molecular formula is C14H19BrO. The van der Waals surface area contributed by atoms with Crippen LogP contribution in [0.4, 0.5) is 0 Å². The van der Waals surface area contributed by atoms with Gasteiger partial charge in [0, 0.05) is 5.33 Å². The van der Waals surface area contributed by atoms with Gasteiger partial charge >= 0.3 is 0 Å². The van der Waals surface area contributed by atoms with Gasteiger partial charge in [0.1, 0.15) is 5.75 Å². The molecule has 16 heavy (non-hydrogen) atoms. The van der Waals surface area contributed by atoms with E-state index in [0.29, 0.717) is 5.92 Å². The summed E-state index contributed by atoms with van der Waals surface area (Å²) in [5.41, 5.74) is 1.45. The van der Waals surface area contributed by atoms with Gasteiger partial charge in [0.2, 0.25) is 0 Å². The molecule has 1 aromatic carbocycles. The lowest BCUT2D eigenvalue weighted by Crippen LogP contribution is -2.11. The van der Waals surface area contributed by atoms with Crippen molar-refractivity contribution in [1.82, 2.24) is 0 Å². The summed E-state index contributed by atoms with van der Waals surface area (Å²) in [6, 6.07) is 8.56. The van der Waals surface area contributed by atoms with E-state index in [0.717, 1.165) is 17.0 Å². The number of halogens is 1. The Hall–Kier alpha value is -0.500. The topological polar surface area (TPSA) is 9.23 Å². The zero-order valence-electron chi connectivity index (χ0n) is 9.79. The Kier molecular flexibility index (Phi) is 4.28. The van der Waals surface area contributed by atoms with Gasteiger partial charge in [0.25, 0.3) is 0 Å². The molecule has 1 aliphatic carbocycles. The molecule has 0 radical (unpaired) electrons. The first kappa shape index (κ1) is 12.0. The number of benzene rings is 1. The molecular weight excluding hydrogens is 264 g/mol. The number of ether oxygens (including phenoxy) is 1. The molecule has 1 atom stereocenters. The maximum absolute atomic E-state index is 5.20. The highest BCUT2D eigenvalue weighted by molar-refractivity contribution is 9.09. The van der Waals surface area contributed by atoms with Gasteiger partial charge in [-0.25, -0.2) is 0 Å². The summed E-state index contributed by atoms with van der Waals surface area (Å²) in [7, 11) is 1.72. The van der Waals surface area contributed by atoms with Crippen LogP contribution in [0.5, 0.6) is 5.75 Å². The molecule has 2 heteroatoms. The van der Waals surface area contributed by atoms with Crippen LogP contribution in [0.1, 0.15) is 37.2 Å². The molecule has 1 fully saturated rings. The summed E-state index contributed by atoms with van der Waals surface area (Å²) in [6.07, 6.45) is 5.60. The van der Waals surface area contributed by atoms with E-state index in [-0.39, 0.29) is 0 Å². The van der Waals surface area contributed by atoms with E-state index in [1.807, 2.05) is 0 Å². The van der Waals surface area contributed by atoms with Crippen molar-refractivity contribution in [2.24, 2.45) is 5.92 Å². The third kappa shape index (κ3) is 2.60. The second kappa shape index (κ2) is 5.72. The summed E-state index contributed by atoms with van der Waals surface area (Å²) in [5.74, 6) is 2.49. The second-order valence-electron chi connectivity index (χ2n) is 4.58. The largest absolute Gasteiger partial charge is 0.497 e. The first-order valence-electron chi connectivity index (χ1n) is 6.05. The van der Waals surface area contributed by atoms with Crippen molar-refractivity contribution in [3.8, 4) is 5.75 Å². The van der Waals surface area contributed by atoms with Crippen molar-refractivity contribution >= 4 is 15.9 Å². The predicted molar refractivity (Wildman–Crippen MR) is 71.5 cm³/mol. The van der Waals surface area contributed by atoms with Gasteiger partial charge in [-0.2, -0.15) is 0 Å². The quantitative estimate of drug-likeness (QED) is 0.746. The Morgan fingerprint density at radius 2 is 1.88 bits per heavy atom. The minimum atomic E-state index is 0.674. The highest BCUT2D eigenvalue weighted by Crippen LogP contribution is 2.38. The second-order valence-corrected chi connectivity index (χ2v) is 5.23. The van der Waals surface area contributed by atoms with E-state index in [1.165, 1.54) is 31.2 Å². The Balaban J connectivity index is 2.12. The Morgan fingerprint density at radius 3 is 2.38 bits per heavy atom. The molecule has 2 rings (SSSR count). The summed E-state index contributed by atoms with van der Waals surface area (Å²) in [5, 5.41) is 1.07. The zero-order valence-corrected chi connectivity index (χ0v) is 11.4. The molecule has 0 amide bonds. The summed E-state index contributed by atoms with van der Waals surface area (Å²) in [4.78, 5) is 0. The molecule has 1 aromatic rings. The lowest BCUT2D eigenvalue weighted by atomic mass is 9.86. The lowest BCUT2D eigenvalue weighted by molar-refractivity contribution is 0.413. The van der Waals surface area contributed by atoms with Gasteiger partial charge in [0.15, 0.2) is 0 Å². The van der Waals surface area contributed by atoms with Crippen molar-refractivity contribution in [1.29, 1.82) is 0 Å². The van der Waals surface area contributed by atoms with Gasteiger partial charge in [-0.1, -0.05) is 40.9 Å². The number of methoxy groups -OCH3 is 1. The van der Waals surface area contributed by atoms with Gasteiger partial charge in [-0.15, -0.1) is 0 Å². The normalized spacial score (nSPS) is 18.6. The van der Waals surface area contributed by atoms with Crippen molar-refractivity contribution < 1.29 is 4.74 Å². The van der Waals surface area contributed by atoms with E-state index in [9.17, 15) is 0 Å². The van der Waals surface area contributed by atoms with Crippen molar-refractivity contribution in [2.75, 3.05) is 12.4 Å². The Bertz CT molecular complexity index is 314. The number of hydrogen-bond acceptors (Lipinski definition) is 1. The predicted octanol–water partition coefficient (Wildman–Crippen LogP) is 4.36. The van der Waals surface area contributed by atoms with Crippen LogP contribution in [-0.2, 0) is 0 Å². The average molecular weight is 283 g/mol. The van der Waals surface area contributed by atoms with Crippen LogP contribution in [0.25, 0.3) is 0 Å². The molecule has 1 unspecified atom stereocenters. The van der Waals surface area contributed by atoms with Crippen LogP contribution in [-0.4, -0.2) is 12.4 Å². The molecule has 1 aliphatic rings. The standard InChI is InChI=1S/C14H19BrO/c1-16-13-8-6-12(7-9-13)14(10-15)11-4-2-3-5-11/h6-9,11,14H,2-5,10H2,1H3. The maximum Gasteiger partial charge on any atom is 0.118 e. The fraction of sp³-hybridized carbons (Fsp3) is 0.571. The van der Waals surface area contributed by atoms with Crippen molar-refractivity contribution in [3.63, 3.8) is 0 Å². The number of hydrogen-bond donors (Lipinski definition) is 0. The van der Waals surface area contributed by atoms with E-state index < -0.39 is 0 Å². The highest BCUT2D eigenvalue weighted by atomic mass is 79.9. The van der Waals surface area contributed by atoms with Crippen molar-refractivity contribution in [2.45, 2.75) is 31.6 Å². The SMILES string of the molecule is COc1ccc(C(CBr)C2CCCC2)cc1. The maximum atomic E-state index is 5.20. The Labute approximate surface area is 106 Å². The molecule has 0 aliphatic heterocycles. The summed E-state index contributed by atoms with van der Waals surface area (Å²) < 4.78 is 5.20. The summed E-state index contributed by atoms with van der Waals surface area (Å²) in [6.45, 7) is 0. The fourth-order valence-corrected chi connectivity index (χ4v) is 3.60. The third-order valence-electron chi connectivity index (χ3n) is 3.68. The zero-order chi connectivity index (χ0) is 11.4. The van der Waals surface area contributed by atoms with Gasteiger partial charge in [-0.3, -0.25) is 0 Å². The van der Waals surface area contributed by atoms with Crippen LogP contribution < -0.4 is 4.74 Å². The lowest BCUT2D eigenvalue weighted by Gasteiger charge is -2.21.